The largest absolute Gasteiger partial charge is 0.320 e. The van der Waals surface area contributed by atoms with Crippen molar-refractivity contribution in [3.05, 3.63) is 34.9 Å². The quantitative estimate of drug-likeness (QED) is 0.294. The molecule has 0 aromatic heterocycles. The molecule has 1 nitrogen and oxygen atoms in total. The highest BCUT2D eigenvalue weighted by molar-refractivity contribution is 5.37. The van der Waals surface area contributed by atoms with E-state index in [4.69, 9.17) is 5.73 Å². The zero-order valence-electron chi connectivity index (χ0n) is 6.87. The minimum atomic E-state index is -1.87. The second-order valence-corrected chi connectivity index (χ2v) is 2.35. The van der Waals surface area contributed by atoms with Crippen LogP contribution in [0, 0.1) is 35.1 Å². The molecule has 0 fully saturated rings. The second-order valence-electron chi connectivity index (χ2n) is 2.35. The van der Waals surface area contributed by atoms with Crippen LogP contribution in [0.5, 0.6) is 0 Å². The Morgan fingerprint density at radius 1 is 1.07 bits per heavy atom. The van der Waals surface area contributed by atoms with Crippen molar-refractivity contribution < 1.29 is 17.6 Å². The van der Waals surface area contributed by atoms with Gasteiger partial charge in [-0.2, -0.15) is 0 Å². The lowest BCUT2D eigenvalue weighted by atomic mass is 10.2. The van der Waals surface area contributed by atoms with Gasteiger partial charge in [0.05, 0.1) is 12.1 Å². The van der Waals surface area contributed by atoms with E-state index in [9.17, 15) is 17.6 Å². The SMILES string of the molecule is NCC#Cc1cc(F)c(F)c(F)c1F. The Labute approximate surface area is 77.5 Å². The van der Waals surface area contributed by atoms with Gasteiger partial charge in [-0.25, -0.2) is 17.6 Å². The summed E-state index contributed by atoms with van der Waals surface area (Å²) in [5.41, 5.74) is 4.43. The molecular weight excluding hydrogens is 198 g/mol. The standard InChI is InChI=1S/C9H5F4N/c10-6-4-5(2-1-3-14)7(11)9(13)8(6)12/h4H,3,14H2. The van der Waals surface area contributed by atoms with Gasteiger partial charge in [-0.1, -0.05) is 11.8 Å². The first kappa shape index (κ1) is 10.5. The summed E-state index contributed by atoms with van der Waals surface area (Å²) in [6.07, 6.45) is 0. The zero-order chi connectivity index (χ0) is 10.7. The monoisotopic (exact) mass is 203 g/mol. The van der Waals surface area contributed by atoms with Gasteiger partial charge in [0, 0.05) is 0 Å². The van der Waals surface area contributed by atoms with Crippen LogP contribution in [0.1, 0.15) is 5.56 Å². The predicted octanol–water partition coefficient (Wildman–Crippen LogP) is 1.55. The molecule has 5 heteroatoms. The van der Waals surface area contributed by atoms with Crippen LogP contribution < -0.4 is 5.73 Å². The molecule has 1 rings (SSSR count). The van der Waals surface area contributed by atoms with Crippen molar-refractivity contribution in [2.24, 2.45) is 5.73 Å². The van der Waals surface area contributed by atoms with Crippen LogP contribution in [0.25, 0.3) is 0 Å². The molecule has 0 atom stereocenters. The highest BCUT2D eigenvalue weighted by atomic mass is 19.2. The lowest BCUT2D eigenvalue weighted by Gasteiger charge is -1.99. The van der Waals surface area contributed by atoms with Crippen molar-refractivity contribution in [3.8, 4) is 11.8 Å². The summed E-state index contributed by atoms with van der Waals surface area (Å²) in [6, 6.07) is 0.483. The summed E-state index contributed by atoms with van der Waals surface area (Å²) in [5, 5.41) is 0. The van der Waals surface area contributed by atoms with E-state index in [2.05, 4.69) is 11.8 Å². The van der Waals surface area contributed by atoms with E-state index < -0.39 is 28.8 Å². The molecule has 1 aromatic carbocycles. The molecule has 2 N–H and O–H groups in total. The third-order valence-electron chi connectivity index (χ3n) is 1.43. The van der Waals surface area contributed by atoms with Crippen LogP contribution in [0.3, 0.4) is 0 Å². The fraction of sp³-hybridized carbons (Fsp3) is 0.111. The highest BCUT2D eigenvalue weighted by Gasteiger charge is 2.17. The molecule has 0 spiro atoms. The van der Waals surface area contributed by atoms with Crippen LogP contribution in [0.15, 0.2) is 6.07 Å². The number of hydrogen-bond acceptors (Lipinski definition) is 1. The van der Waals surface area contributed by atoms with Gasteiger partial charge >= 0.3 is 0 Å². The van der Waals surface area contributed by atoms with E-state index in [1.807, 2.05) is 0 Å². The first-order chi connectivity index (χ1) is 6.57. The van der Waals surface area contributed by atoms with Crippen molar-refractivity contribution in [2.45, 2.75) is 0 Å². The van der Waals surface area contributed by atoms with Gasteiger partial charge in [-0.15, -0.1) is 0 Å². The predicted molar refractivity (Wildman–Crippen MR) is 42.2 cm³/mol. The van der Waals surface area contributed by atoms with Gasteiger partial charge in [0.25, 0.3) is 0 Å². The van der Waals surface area contributed by atoms with E-state index in [1.54, 1.807) is 0 Å². The van der Waals surface area contributed by atoms with Crippen molar-refractivity contribution in [1.29, 1.82) is 0 Å². The Balaban J connectivity index is 3.33. The van der Waals surface area contributed by atoms with E-state index >= 15 is 0 Å². The average Bonchev–Trinajstić information content (AvgIpc) is 2.18. The molecule has 0 bridgehead atoms. The molecule has 0 aliphatic carbocycles. The maximum Gasteiger partial charge on any atom is 0.198 e. The number of benzene rings is 1. The van der Waals surface area contributed by atoms with Crippen molar-refractivity contribution >= 4 is 0 Å². The lowest BCUT2D eigenvalue weighted by Crippen LogP contribution is -1.99. The smallest absolute Gasteiger partial charge is 0.198 e. The summed E-state index contributed by atoms with van der Waals surface area (Å²) in [4.78, 5) is 0. The van der Waals surface area contributed by atoms with Gasteiger partial charge in [0.2, 0.25) is 0 Å². The lowest BCUT2D eigenvalue weighted by molar-refractivity contribution is 0.408. The maximum atomic E-state index is 12.8. The molecular formula is C9H5F4N. The van der Waals surface area contributed by atoms with Gasteiger partial charge in [0.15, 0.2) is 23.3 Å². The third kappa shape index (κ3) is 1.86. The van der Waals surface area contributed by atoms with Crippen molar-refractivity contribution in [3.63, 3.8) is 0 Å². The third-order valence-corrected chi connectivity index (χ3v) is 1.43. The second kappa shape index (κ2) is 4.11. The molecule has 0 heterocycles. The number of halogens is 4. The van der Waals surface area contributed by atoms with E-state index in [0.29, 0.717) is 6.07 Å². The van der Waals surface area contributed by atoms with Crippen molar-refractivity contribution in [2.75, 3.05) is 6.54 Å². The van der Waals surface area contributed by atoms with Crippen molar-refractivity contribution in [1.82, 2.24) is 0 Å². The fourth-order valence-electron chi connectivity index (χ4n) is 0.810. The molecule has 0 saturated carbocycles. The molecule has 0 amide bonds. The van der Waals surface area contributed by atoms with Crippen LogP contribution in [0.2, 0.25) is 0 Å². The molecule has 0 unspecified atom stereocenters. The summed E-state index contributed by atoms with van der Waals surface area (Å²) < 4.78 is 50.4. The van der Waals surface area contributed by atoms with Gasteiger partial charge < -0.3 is 5.73 Å². The molecule has 0 aliphatic rings. The van der Waals surface area contributed by atoms with Crippen LogP contribution in [-0.4, -0.2) is 6.54 Å². The minimum absolute atomic E-state index is 0.0833. The first-order valence-electron chi connectivity index (χ1n) is 3.60. The molecule has 0 aliphatic heterocycles. The van der Waals surface area contributed by atoms with E-state index in [1.165, 1.54) is 0 Å². The summed E-state index contributed by atoms with van der Waals surface area (Å²) in [7, 11) is 0. The highest BCUT2D eigenvalue weighted by Crippen LogP contribution is 2.17. The first-order valence-corrected chi connectivity index (χ1v) is 3.60. The van der Waals surface area contributed by atoms with Crippen LogP contribution in [0.4, 0.5) is 17.6 Å². The Bertz CT molecular complexity index is 417. The van der Waals surface area contributed by atoms with E-state index in [-0.39, 0.29) is 6.54 Å². The number of hydrogen-bond donors (Lipinski definition) is 1. The van der Waals surface area contributed by atoms with Crippen LogP contribution in [-0.2, 0) is 0 Å². The summed E-state index contributed by atoms with van der Waals surface area (Å²) in [6.45, 7) is -0.0833. The summed E-state index contributed by atoms with van der Waals surface area (Å²) in [5.74, 6) is -2.42. The zero-order valence-corrected chi connectivity index (χ0v) is 6.87. The normalized spacial score (nSPS) is 9.50. The summed E-state index contributed by atoms with van der Waals surface area (Å²) >= 11 is 0. The molecule has 0 saturated heterocycles. The molecule has 1 aromatic rings. The Morgan fingerprint density at radius 3 is 2.29 bits per heavy atom. The Kier molecular flexibility index (Phi) is 3.10. The van der Waals surface area contributed by atoms with Crippen LogP contribution >= 0.6 is 0 Å². The maximum absolute atomic E-state index is 12.8. The molecule has 0 radical (unpaired) electrons. The van der Waals surface area contributed by atoms with Gasteiger partial charge in [-0.05, 0) is 6.07 Å². The minimum Gasteiger partial charge on any atom is -0.320 e. The Hall–Kier alpha value is -1.54. The molecule has 74 valence electrons. The van der Waals surface area contributed by atoms with E-state index in [0.717, 1.165) is 0 Å². The topological polar surface area (TPSA) is 26.0 Å². The number of nitrogens with two attached hydrogens (primary N) is 1. The average molecular weight is 203 g/mol. The Morgan fingerprint density at radius 2 is 1.71 bits per heavy atom. The molecule has 14 heavy (non-hydrogen) atoms. The van der Waals surface area contributed by atoms with Gasteiger partial charge in [0.1, 0.15) is 0 Å². The fourth-order valence-corrected chi connectivity index (χ4v) is 0.810. The van der Waals surface area contributed by atoms with Gasteiger partial charge in [-0.3, -0.25) is 0 Å². The number of rotatable bonds is 0.